The second kappa shape index (κ2) is 5.68. The van der Waals surface area contributed by atoms with Crippen molar-refractivity contribution in [1.29, 1.82) is 0 Å². The summed E-state index contributed by atoms with van der Waals surface area (Å²) in [4.78, 5) is 12.1. The molecule has 2 aromatic rings. The maximum absolute atomic E-state index is 12.1. The van der Waals surface area contributed by atoms with Gasteiger partial charge < -0.3 is 5.32 Å². The molecular weight excluding hydrogens is 270 g/mol. The molecule has 0 fully saturated rings. The number of aryl methyl sites for hydroxylation is 2. The first-order valence-electron chi connectivity index (χ1n) is 6.87. The number of carbonyl (C=O) groups is 1. The lowest BCUT2D eigenvalue weighted by Crippen LogP contribution is -2.14. The molecule has 0 saturated carbocycles. The Labute approximate surface area is 123 Å². The Balaban J connectivity index is 1.69. The molecule has 1 amide bonds. The maximum Gasteiger partial charge on any atom is 0.228 e. The Bertz CT molecular complexity index is 651. The number of benzene rings is 2. The second-order valence-electron chi connectivity index (χ2n) is 5.15. The van der Waals surface area contributed by atoms with Gasteiger partial charge in [0.15, 0.2) is 0 Å². The largest absolute Gasteiger partial charge is 0.326 e. The van der Waals surface area contributed by atoms with E-state index < -0.39 is 0 Å². The third-order valence-electron chi connectivity index (χ3n) is 3.69. The third kappa shape index (κ3) is 2.86. The molecule has 0 saturated heterocycles. The zero-order chi connectivity index (χ0) is 13.9. The van der Waals surface area contributed by atoms with Crippen molar-refractivity contribution >= 4 is 23.2 Å². The van der Waals surface area contributed by atoms with E-state index in [0.717, 1.165) is 24.1 Å². The van der Waals surface area contributed by atoms with Gasteiger partial charge in [-0.25, -0.2) is 0 Å². The van der Waals surface area contributed by atoms with Crippen LogP contribution in [0.1, 0.15) is 23.1 Å². The first-order chi connectivity index (χ1) is 9.72. The van der Waals surface area contributed by atoms with E-state index in [-0.39, 0.29) is 5.91 Å². The predicted molar refractivity (Wildman–Crippen MR) is 82.3 cm³/mol. The predicted octanol–water partition coefficient (Wildman–Crippen LogP) is 4.01. The number of amides is 1. The van der Waals surface area contributed by atoms with Gasteiger partial charge in [0.2, 0.25) is 5.91 Å². The summed E-state index contributed by atoms with van der Waals surface area (Å²) in [5, 5.41) is 3.59. The lowest BCUT2D eigenvalue weighted by atomic mass is 10.1. The van der Waals surface area contributed by atoms with Gasteiger partial charge in [0.05, 0.1) is 6.42 Å². The van der Waals surface area contributed by atoms with Crippen molar-refractivity contribution in [1.82, 2.24) is 0 Å². The highest BCUT2D eigenvalue weighted by Crippen LogP contribution is 2.25. The van der Waals surface area contributed by atoms with Crippen LogP contribution in [0, 0.1) is 0 Å². The van der Waals surface area contributed by atoms with Gasteiger partial charge in [0.25, 0.3) is 0 Å². The Morgan fingerprint density at radius 3 is 2.75 bits per heavy atom. The van der Waals surface area contributed by atoms with Crippen molar-refractivity contribution in [3.05, 3.63) is 64.2 Å². The van der Waals surface area contributed by atoms with Gasteiger partial charge in [-0.2, -0.15) is 0 Å². The van der Waals surface area contributed by atoms with Gasteiger partial charge >= 0.3 is 0 Å². The van der Waals surface area contributed by atoms with Crippen LogP contribution in [0.25, 0.3) is 0 Å². The maximum atomic E-state index is 12.1. The van der Waals surface area contributed by atoms with Crippen LogP contribution < -0.4 is 5.32 Å². The molecule has 1 N–H and O–H groups in total. The topological polar surface area (TPSA) is 29.1 Å². The van der Waals surface area contributed by atoms with Gasteiger partial charge in [-0.1, -0.05) is 35.9 Å². The zero-order valence-electron chi connectivity index (χ0n) is 11.2. The van der Waals surface area contributed by atoms with Crippen LogP contribution in [0.5, 0.6) is 0 Å². The van der Waals surface area contributed by atoms with Crippen LogP contribution in [0.15, 0.2) is 42.5 Å². The first kappa shape index (κ1) is 13.2. The highest BCUT2D eigenvalue weighted by molar-refractivity contribution is 6.31. The number of carbonyl (C=O) groups excluding carboxylic acids is 1. The van der Waals surface area contributed by atoms with Crippen LogP contribution in [-0.2, 0) is 24.1 Å². The standard InChI is InChI=1S/C17H16ClNO/c18-16-7-2-1-4-14(16)11-17(20)19-15-9-8-12-5-3-6-13(12)10-15/h1-2,4,7-10H,3,5-6,11H2,(H,19,20). The second-order valence-corrected chi connectivity index (χ2v) is 5.56. The Morgan fingerprint density at radius 1 is 1.10 bits per heavy atom. The normalized spacial score (nSPS) is 13.1. The average Bonchev–Trinajstić information content (AvgIpc) is 2.89. The quantitative estimate of drug-likeness (QED) is 0.907. The van der Waals surface area contributed by atoms with E-state index in [1.54, 1.807) is 6.07 Å². The fraction of sp³-hybridized carbons (Fsp3) is 0.235. The lowest BCUT2D eigenvalue weighted by molar-refractivity contribution is -0.115. The van der Waals surface area contributed by atoms with E-state index in [9.17, 15) is 4.79 Å². The molecular formula is C17H16ClNO. The minimum absolute atomic E-state index is 0.0314. The summed E-state index contributed by atoms with van der Waals surface area (Å²) < 4.78 is 0. The van der Waals surface area contributed by atoms with Crippen molar-refractivity contribution in [2.45, 2.75) is 25.7 Å². The van der Waals surface area contributed by atoms with E-state index in [4.69, 9.17) is 11.6 Å². The van der Waals surface area contributed by atoms with Crippen LogP contribution in [0.2, 0.25) is 5.02 Å². The lowest BCUT2D eigenvalue weighted by Gasteiger charge is -2.08. The summed E-state index contributed by atoms with van der Waals surface area (Å²) in [6.07, 6.45) is 3.79. The van der Waals surface area contributed by atoms with Crippen molar-refractivity contribution in [3.63, 3.8) is 0 Å². The highest BCUT2D eigenvalue weighted by atomic mass is 35.5. The molecule has 0 bridgehead atoms. The molecule has 2 nitrogen and oxygen atoms in total. The summed E-state index contributed by atoms with van der Waals surface area (Å²) in [7, 11) is 0. The molecule has 3 rings (SSSR count). The minimum atomic E-state index is -0.0314. The Kier molecular flexibility index (Phi) is 3.75. The molecule has 0 aromatic heterocycles. The van der Waals surface area contributed by atoms with Crippen LogP contribution in [0.4, 0.5) is 5.69 Å². The van der Waals surface area contributed by atoms with Crippen molar-refractivity contribution in [2.75, 3.05) is 5.32 Å². The molecule has 1 aliphatic rings. The molecule has 0 radical (unpaired) electrons. The third-order valence-corrected chi connectivity index (χ3v) is 4.06. The molecule has 0 spiro atoms. The zero-order valence-corrected chi connectivity index (χ0v) is 11.9. The summed E-state index contributed by atoms with van der Waals surface area (Å²) in [5.74, 6) is -0.0314. The van der Waals surface area contributed by atoms with E-state index in [1.165, 1.54) is 17.5 Å². The molecule has 102 valence electrons. The van der Waals surface area contributed by atoms with Crippen LogP contribution in [0.3, 0.4) is 0 Å². The number of fused-ring (bicyclic) bond motifs is 1. The van der Waals surface area contributed by atoms with Crippen molar-refractivity contribution in [2.24, 2.45) is 0 Å². The van der Waals surface area contributed by atoms with Gasteiger partial charge in [0, 0.05) is 10.7 Å². The van der Waals surface area contributed by atoms with E-state index >= 15 is 0 Å². The van der Waals surface area contributed by atoms with Crippen LogP contribution >= 0.6 is 11.6 Å². The molecule has 0 atom stereocenters. The van der Waals surface area contributed by atoms with E-state index in [0.29, 0.717) is 11.4 Å². The number of rotatable bonds is 3. The number of anilines is 1. The SMILES string of the molecule is O=C(Cc1ccccc1Cl)Nc1ccc2c(c1)CCC2. The van der Waals surface area contributed by atoms with Crippen molar-refractivity contribution < 1.29 is 4.79 Å². The number of hydrogen-bond acceptors (Lipinski definition) is 1. The minimum Gasteiger partial charge on any atom is -0.326 e. The van der Waals surface area contributed by atoms with Gasteiger partial charge in [-0.05, 0) is 54.2 Å². The number of hydrogen-bond donors (Lipinski definition) is 1. The summed E-state index contributed by atoms with van der Waals surface area (Å²) in [6, 6.07) is 13.6. The monoisotopic (exact) mass is 285 g/mol. The molecule has 3 heteroatoms. The van der Waals surface area contributed by atoms with E-state index in [2.05, 4.69) is 17.4 Å². The fourth-order valence-corrected chi connectivity index (χ4v) is 2.87. The number of halogens is 1. The van der Waals surface area contributed by atoms with Gasteiger partial charge in [0.1, 0.15) is 0 Å². The van der Waals surface area contributed by atoms with Gasteiger partial charge in [-0.3, -0.25) is 4.79 Å². The van der Waals surface area contributed by atoms with Crippen LogP contribution in [-0.4, -0.2) is 5.91 Å². The van der Waals surface area contributed by atoms with Crippen molar-refractivity contribution in [3.8, 4) is 0 Å². The summed E-state index contributed by atoms with van der Waals surface area (Å²) >= 11 is 6.07. The Morgan fingerprint density at radius 2 is 1.90 bits per heavy atom. The van der Waals surface area contributed by atoms with Gasteiger partial charge in [-0.15, -0.1) is 0 Å². The summed E-state index contributed by atoms with van der Waals surface area (Å²) in [6.45, 7) is 0. The highest BCUT2D eigenvalue weighted by Gasteiger charge is 2.12. The molecule has 0 heterocycles. The Hall–Kier alpha value is -1.80. The van der Waals surface area contributed by atoms with E-state index in [1.807, 2.05) is 24.3 Å². The number of nitrogens with one attached hydrogen (secondary N) is 1. The molecule has 20 heavy (non-hydrogen) atoms. The average molecular weight is 286 g/mol. The molecule has 0 aliphatic heterocycles. The molecule has 0 unspecified atom stereocenters. The molecule has 1 aliphatic carbocycles. The fourth-order valence-electron chi connectivity index (χ4n) is 2.67. The molecule has 2 aromatic carbocycles. The summed E-state index contributed by atoms with van der Waals surface area (Å²) in [5.41, 5.74) is 4.50. The smallest absolute Gasteiger partial charge is 0.228 e. The first-order valence-corrected chi connectivity index (χ1v) is 7.25.